The number of nitrogens with two attached hydrogens (primary N) is 1. The summed E-state index contributed by atoms with van der Waals surface area (Å²) in [5.74, 6) is -1.15. The standard InChI is InChI=1S/C30H29Cl2FN4O4S/c1-16-27(34)22(28(35-2)18-10-19(12-20(31)11-18)30(7-8-30)42(3,40)41)6-9-37(16)29(39)24-14-21(33)13-23(26(24)32)17-4-5-25(38)36-15-17/h4-5,10-16H,6-9,34H2,1-3H3,(H,36,38). The first-order valence-corrected chi connectivity index (χ1v) is 15.9. The van der Waals surface area contributed by atoms with Crippen molar-refractivity contribution in [3.63, 3.8) is 0 Å². The number of carbonyl (C=O) groups is 1. The number of halogens is 3. The van der Waals surface area contributed by atoms with Gasteiger partial charge in [-0.3, -0.25) is 14.6 Å². The van der Waals surface area contributed by atoms with Crippen molar-refractivity contribution < 1.29 is 17.6 Å². The maximum atomic E-state index is 14.7. The number of aliphatic imine (C=N–C) groups is 1. The molecule has 1 saturated carbocycles. The summed E-state index contributed by atoms with van der Waals surface area (Å²) in [7, 11) is -1.74. The lowest BCUT2D eigenvalue weighted by Crippen LogP contribution is -2.46. The van der Waals surface area contributed by atoms with Crippen LogP contribution in [0.2, 0.25) is 10.0 Å². The first-order valence-electron chi connectivity index (χ1n) is 13.2. The monoisotopic (exact) mass is 630 g/mol. The van der Waals surface area contributed by atoms with Crippen molar-refractivity contribution in [3.8, 4) is 11.1 Å². The van der Waals surface area contributed by atoms with Crippen molar-refractivity contribution >= 4 is 44.7 Å². The molecule has 0 spiro atoms. The van der Waals surface area contributed by atoms with E-state index >= 15 is 0 Å². The lowest BCUT2D eigenvalue weighted by Gasteiger charge is -2.36. The SMILES string of the molecule is CN=C(C1=C(N)C(C)N(C(=O)c2cc(F)cc(-c3ccc(=O)[nH]c3)c2Cl)CC1)c1cc(Cl)cc(C2(S(C)(=O)=O)CC2)c1. The summed E-state index contributed by atoms with van der Waals surface area (Å²) in [4.78, 5) is 33.7. The summed E-state index contributed by atoms with van der Waals surface area (Å²) in [5.41, 5.74) is 9.92. The second kappa shape index (κ2) is 11.0. The first-order chi connectivity index (χ1) is 19.8. The van der Waals surface area contributed by atoms with Crippen LogP contribution < -0.4 is 11.3 Å². The fraction of sp³-hybridized carbons (Fsp3) is 0.300. The highest BCUT2D eigenvalue weighted by Gasteiger charge is 2.53. The molecule has 1 fully saturated rings. The van der Waals surface area contributed by atoms with E-state index in [0.717, 1.165) is 6.07 Å². The second-order valence-electron chi connectivity index (χ2n) is 10.7. The zero-order valence-electron chi connectivity index (χ0n) is 23.2. The molecule has 1 aliphatic heterocycles. The van der Waals surface area contributed by atoms with Crippen LogP contribution in [0, 0.1) is 5.82 Å². The molecule has 1 aliphatic carbocycles. The normalized spacial score (nSPS) is 18.8. The Hall–Kier alpha value is -3.47. The minimum atomic E-state index is -3.36. The number of H-pyrrole nitrogens is 1. The first kappa shape index (κ1) is 30.0. The molecule has 1 unspecified atom stereocenters. The summed E-state index contributed by atoms with van der Waals surface area (Å²) < 4.78 is 38.9. The number of nitrogens with one attached hydrogen (secondary N) is 1. The van der Waals surface area contributed by atoms with Gasteiger partial charge in [-0.2, -0.15) is 0 Å². The zero-order chi connectivity index (χ0) is 30.6. The van der Waals surface area contributed by atoms with Gasteiger partial charge in [0.25, 0.3) is 5.91 Å². The van der Waals surface area contributed by atoms with E-state index in [1.54, 1.807) is 32.2 Å². The quantitative estimate of drug-likeness (QED) is 0.367. The number of pyridine rings is 1. The van der Waals surface area contributed by atoms with E-state index < -0.39 is 32.4 Å². The summed E-state index contributed by atoms with van der Waals surface area (Å²) in [6, 6.07) is 9.70. The maximum absolute atomic E-state index is 14.7. The van der Waals surface area contributed by atoms with Crippen molar-refractivity contribution in [1.82, 2.24) is 9.88 Å². The van der Waals surface area contributed by atoms with Gasteiger partial charge in [-0.25, -0.2) is 12.8 Å². The van der Waals surface area contributed by atoms with Crippen LogP contribution in [-0.4, -0.2) is 55.8 Å². The molecule has 42 heavy (non-hydrogen) atoms. The number of benzene rings is 2. The predicted molar refractivity (Wildman–Crippen MR) is 163 cm³/mol. The molecule has 2 aromatic carbocycles. The molecule has 8 nitrogen and oxygen atoms in total. The van der Waals surface area contributed by atoms with Crippen molar-refractivity contribution in [2.24, 2.45) is 10.7 Å². The molecule has 12 heteroatoms. The topological polar surface area (TPSA) is 126 Å². The Bertz CT molecular complexity index is 1830. The van der Waals surface area contributed by atoms with Gasteiger partial charge in [-0.05, 0) is 73.7 Å². The van der Waals surface area contributed by atoms with E-state index in [9.17, 15) is 22.4 Å². The number of nitrogens with zero attached hydrogens (tertiary/aromatic N) is 2. The van der Waals surface area contributed by atoms with Gasteiger partial charge in [-0.15, -0.1) is 0 Å². The van der Waals surface area contributed by atoms with Gasteiger partial charge >= 0.3 is 0 Å². The van der Waals surface area contributed by atoms with Crippen molar-refractivity contribution in [1.29, 1.82) is 0 Å². The molecule has 5 rings (SSSR count). The molecule has 220 valence electrons. The zero-order valence-corrected chi connectivity index (χ0v) is 25.5. The number of aromatic nitrogens is 1. The third-order valence-corrected chi connectivity index (χ3v) is 10.8. The number of amides is 1. The molecule has 1 aromatic heterocycles. The van der Waals surface area contributed by atoms with Crippen molar-refractivity contribution in [2.75, 3.05) is 19.8 Å². The Labute approximate surface area is 253 Å². The van der Waals surface area contributed by atoms with Crippen LogP contribution in [0.15, 0.2) is 69.7 Å². The molecule has 0 saturated heterocycles. The number of aromatic amines is 1. The van der Waals surface area contributed by atoms with E-state index in [2.05, 4.69) is 9.98 Å². The predicted octanol–water partition coefficient (Wildman–Crippen LogP) is 5.09. The van der Waals surface area contributed by atoms with E-state index in [0.29, 0.717) is 58.0 Å². The van der Waals surface area contributed by atoms with Crippen LogP contribution in [0.4, 0.5) is 4.39 Å². The minimum absolute atomic E-state index is 0.0275. The molecule has 0 bridgehead atoms. The molecule has 0 radical (unpaired) electrons. The summed E-state index contributed by atoms with van der Waals surface area (Å²) in [6.07, 6.45) is 4.03. The van der Waals surface area contributed by atoms with Crippen molar-refractivity contribution in [3.05, 3.63) is 103 Å². The molecule has 2 heterocycles. The molecule has 1 atom stereocenters. The average molecular weight is 632 g/mol. The lowest BCUT2D eigenvalue weighted by atomic mass is 9.90. The smallest absolute Gasteiger partial charge is 0.256 e. The number of carbonyl (C=O) groups excluding carboxylic acids is 1. The van der Waals surface area contributed by atoms with E-state index in [4.69, 9.17) is 28.9 Å². The summed E-state index contributed by atoms with van der Waals surface area (Å²) >= 11 is 13.1. The highest BCUT2D eigenvalue weighted by atomic mass is 35.5. The Kier molecular flexibility index (Phi) is 7.85. The highest BCUT2D eigenvalue weighted by molar-refractivity contribution is 7.92. The van der Waals surface area contributed by atoms with Gasteiger partial charge in [0.2, 0.25) is 5.56 Å². The molecule has 2 aliphatic rings. The van der Waals surface area contributed by atoms with Crippen LogP contribution >= 0.6 is 23.2 Å². The molecular weight excluding hydrogens is 602 g/mol. The fourth-order valence-electron chi connectivity index (χ4n) is 5.63. The number of sulfone groups is 1. The third-order valence-electron chi connectivity index (χ3n) is 8.11. The Balaban J connectivity index is 1.48. The van der Waals surface area contributed by atoms with Gasteiger partial charge in [-0.1, -0.05) is 23.2 Å². The Morgan fingerprint density at radius 1 is 1.17 bits per heavy atom. The lowest BCUT2D eigenvalue weighted by molar-refractivity contribution is 0.0706. The number of hydrogen-bond donors (Lipinski definition) is 2. The number of rotatable bonds is 6. The Morgan fingerprint density at radius 3 is 2.48 bits per heavy atom. The molecular formula is C30H29Cl2FN4O4S. The van der Waals surface area contributed by atoms with Crippen LogP contribution in [0.3, 0.4) is 0 Å². The number of hydrogen-bond acceptors (Lipinski definition) is 6. The van der Waals surface area contributed by atoms with Crippen LogP contribution in [-0.2, 0) is 14.6 Å². The minimum Gasteiger partial charge on any atom is -0.400 e. The van der Waals surface area contributed by atoms with Gasteiger partial charge in [0.1, 0.15) is 5.82 Å². The summed E-state index contributed by atoms with van der Waals surface area (Å²) in [6.45, 7) is 2.01. The van der Waals surface area contributed by atoms with E-state index in [1.807, 2.05) is 0 Å². The van der Waals surface area contributed by atoms with Gasteiger partial charge < -0.3 is 15.6 Å². The van der Waals surface area contributed by atoms with Crippen LogP contribution in [0.1, 0.15) is 47.7 Å². The largest absolute Gasteiger partial charge is 0.400 e. The van der Waals surface area contributed by atoms with Crippen LogP contribution in [0.25, 0.3) is 11.1 Å². The second-order valence-corrected chi connectivity index (χ2v) is 13.8. The molecule has 1 amide bonds. The van der Waals surface area contributed by atoms with Crippen molar-refractivity contribution in [2.45, 2.75) is 37.0 Å². The van der Waals surface area contributed by atoms with Gasteiger partial charge in [0, 0.05) is 59.5 Å². The average Bonchev–Trinajstić information content (AvgIpc) is 3.75. The summed E-state index contributed by atoms with van der Waals surface area (Å²) in [5, 5.41) is 0.439. The van der Waals surface area contributed by atoms with Crippen LogP contribution in [0.5, 0.6) is 0 Å². The fourth-order valence-corrected chi connectivity index (χ4v) is 7.55. The maximum Gasteiger partial charge on any atom is 0.256 e. The molecule has 3 aromatic rings. The van der Waals surface area contributed by atoms with Gasteiger partial charge in [0.15, 0.2) is 9.84 Å². The van der Waals surface area contributed by atoms with E-state index in [-0.39, 0.29) is 28.3 Å². The molecule has 3 N–H and O–H groups in total. The van der Waals surface area contributed by atoms with E-state index in [1.165, 1.54) is 35.6 Å². The third kappa shape index (κ3) is 5.27. The van der Waals surface area contributed by atoms with Gasteiger partial charge in [0.05, 0.1) is 27.1 Å². The highest BCUT2D eigenvalue weighted by Crippen LogP contribution is 2.53. The Morgan fingerprint density at radius 2 is 1.88 bits per heavy atom.